The van der Waals surface area contributed by atoms with Crippen LogP contribution in [0.15, 0.2) is 127 Å². The summed E-state index contributed by atoms with van der Waals surface area (Å²) in [5.41, 5.74) is 3.41. The first-order valence-corrected chi connectivity index (χ1v) is 16.5. The topological polar surface area (TPSA) is 6.25 Å². The summed E-state index contributed by atoms with van der Waals surface area (Å²) < 4.78 is 59.7. The Hall–Kier alpha value is -4.65. The summed E-state index contributed by atoms with van der Waals surface area (Å²) in [6.07, 6.45) is 4.50. The van der Waals surface area contributed by atoms with E-state index in [1.165, 1.54) is 106 Å². The van der Waals surface area contributed by atoms with Crippen LogP contribution in [-0.4, -0.2) is 41.1 Å². The first kappa shape index (κ1) is 32.3. The zero-order chi connectivity index (χ0) is 32.6. The Morgan fingerprint density at radius 2 is 0.979 bits per heavy atom. The summed E-state index contributed by atoms with van der Waals surface area (Å²) in [7, 11) is 0. The van der Waals surface area contributed by atoms with E-state index in [0.717, 1.165) is 6.54 Å². The molecule has 0 fully saturated rings. The van der Waals surface area contributed by atoms with Gasteiger partial charge in [-0.05, 0) is 49.1 Å². The van der Waals surface area contributed by atoms with Gasteiger partial charge < -0.3 is 0 Å². The molecule has 2 aliphatic rings. The van der Waals surface area contributed by atoms with Gasteiger partial charge in [-0.3, -0.25) is 9.48 Å². The molecule has 0 saturated carbocycles. The summed E-state index contributed by atoms with van der Waals surface area (Å²) in [6, 6.07) is 34.4. The van der Waals surface area contributed by atoms with Crippen molar-refractivity contribution in [1.82, 2.24) is 4.90 Å². The molecule has 0 N–H and O–H groups in total. The predicted molar refractivity (Wildman–Crippen MR) is 185 cm³/mol. The number of amidine groups is 1. The Balaban J connectivity index is 0.000000183. The summed E-state index contributed by atoms with van der Waals surface area (Å²) in [4.78, 5) is 2.62. The second-order valence-corrected chi connectivity index (χ2v) is 12.6. The Kier molecular flexibility index (Phi) is 10.2. The lowest BCUT2D eigenvalue weighted by Gasteiger charge is -2.44. The molecule has 0 aromatic heterocycles. The lowest BCUT2D eigenvalue weighted by molar-refractivity contribution is -0.539. The van der Waals surface area contributed by atoms with Gasteiger partial charge in [-0.15, -0.1) is 0 Å². The molecule has 0 atom stereocenters. The van der Waals surface area contributed by atoms with Gasteiger partial charge >= 0.3 is 0 Å². The molecule has 0 bridgehead atoms. The lowest BCUT2D eigenvalue weighted by Crippen LogP contribution is -2.75. The van der Waals surface area contributed by atoms with Crippen molar-refractivity contribution in [2.45, 2.75) is 38.6 Å². The van der Waals surface area contributed by atoms with E-state index in [0.29, 0.717) is 21.9 Å². The number of benzene rings is 5. The van der Waals surface area contributed by atoms with Crippen molar-refractivity contribution in [2.24, 2.45) is 0 Å². The maximum atomic E-state index is 14.3. The third-order valence-corrected chi connectivity index (χ3v) is 9.53. The maximum absolute atomic E-state index is 14.3. The minimum absolute atomic E-state index is 0.488. The van der Waals surface area contributed by atoms with Crippen LogP contribution in [0.2, 0.25) is 0 Å². The molecular formula is C40H39BF4N2. The van der Waals surface area contributed by atoms with E-state index in [9.17, 15) is 17.6 Å². The third-order valence-electron chi connectivity index (χ3n) is 9.53. The molecule has 0 spiro atoms. The highest BCUT2D eigenvalue weighted by molar-refractivity contribution is 7.19. The van der Waals surface area contributed by atoms with E-state index in [-0.39, 0.29) is 0 Å². The standard InChI is InChI=1S/C24H16BF4.C16H23N2/c26-21-9-1-5-17(13-21)25(18-6-2-10-22(27)14-18,19-7-3-11-23(28)15-19)20-8-4-12-24(29)16-20;1-3-8-15(9-4-1)14-18-13-7-12-17-11-6-2-5-10-16(17)18/h1-16H;1,3-4,8-9H,2,5-7,10-14H2/q-1;+1. The molecule has 240 valence electrons. The molecule has 7 rings (SSSR count). The fraction of sp³-hybridized carbons (Fsp3) is 0.225. The monoisotopic (exact) mass is 634 g/mol. The molecular weight excluding hydrogens is 595 g/mol. The van der Waals surface area contributed by atoms with E-state index in [2.05, 4.69) is 39.8 Å². The smallest absolute Gasteiger partial charge is 0.247 e. The van der Waals surface area contributed by atoms with Crippen LogP contribution in [0.5, 0.6) is 0 Å². The predicted octanol–water partition coefficient (Wildman–Crippen LogP) is 6.50. The Morgan fingerprint density at radius 1 is 0.511 bits per heavy atom. The van der Waals surface area contributed by atoms with Crippen molar-refractivity contribution >= 4 is 33.8 Å². The average Bonchev–Trinajstić information content (AvgIpc) is 3.33. The van der Waals surface area contributed by atoms with Crippen LogP contribution in [0.25, 0.3) is 0 Å². The SMILES string of the molecule is Fc1cccc([B-](c2cccc(F)c2)(c2cccc(F)c2)c2cccc(F)c2)c1.c1ccc(CN2CCC[N+]3=C2CCCCC3)cc1. The van der Waals surface area contributed by atoms with E-state index < -0.39 is 29.4 Å². The van der Waals surface area contributed by atoms with E-state index in [4.69, 9.17) is 0 Å². The van der Waals surface area contributed by atoms with E-state index in [1.807, 2.05) is 0 Å². The van der Waals surface area contributed by atoms with E-state index in [1.54, 1.807) is 54.4 Å². The fourth-order valence-corrected chi connectivity index (χ4v) is 7.46. The Morgan fingerprint density at radius 3 is 1.45 bits per heavy atom. The Bertz CT molecular complexity index is 1650. The van der Waals surface area contributed by atoms with Crippen molar-refractivity contribution in [2.75, 3.05) is 19.6 Å². The summed E-state index contributed by atoms with van der Waals surface area (Å²) in [5, 5.41) is 0. The fourth-order valence-electron chi connectivity index (χ4n) is 7.46. The van der Waals surface area contributed by atoms with Crippen molar-refractivity contribution in [3.63, 3.8) is 0 Å². The van der Waals surface area contributed by atoms with Crippen LogP contribution < -0.4 is 21.9 Å². The zero-order valence-corrected chi connectivity index (χ0v) is 26.5. The van der Waals surface area contributed by atoms with Crippen molar-refractivity contribution < 1.29 is 22.1 Å². The van der Waals surface area contributed by atoms with Gasteiger partial charge in [0.05, 0.1) is 19.6 Å². The van der Waals surface area contributed by atoms with Crippen LogP contribution in [0.4, 0.5) is 17.6 Å². The van der Waals surface area contributed by atoms with Gasteiger partial charge in [0.1, 0.15) is 36.0 Å². The van der Waals surface area contributed by atoms with Crippen LogP contribution in [0, 0.1) is 23.3 Å². The van der Waals surface area contributed by atoms with Gasteiger partial charge in [-0.2, -0.15) is 21.9 Å². The second kappa shape index (κ2) is 14.8. The number of nitrogens with zero attached hydrogens (tertiary/aromatic N) is 2. The second-order valence-electron chi connectivity index (χ2n) is 12.6. The highest BCUT2D eigenvalue weighted by Crippen LogP contribution is 2.17. The molecule has 0 aliphatic carbocycles. The minimum atomic E-state index is -2.25. The summed E-state index contributed by atoms with van der Waals surface area (Å²) in [6.45, 7) is 4.88. The average molecular weight is 635 g/mol. The normalized spacial score (nSPS) is 14.9. The summed E-state index contributed by atoms with van der Waals surface area (Å²) in [5.74, 6) is -0.338. The number of rotatable bonds is 6. The van der Waals surface area contributed by atoms with Crippen LogP contribution in [0.3, 0.4) is 0 Å². The van der Waals surface area contributed by atoms with Gasteiger partial charge in [-0.25, -0.2) is 17.6 Å². The highest BCUT2D eigenvalue weighted by Gasteiger charge is 2.33. The number of hydrogen-bond donors (Lipinski definition) is 0. The molecule has 2 aliphatic heterocycles. The van der Waals surface area contributed by atoms with Crippen LogP contribution in [-0.2, 0) is 6.54 Å². The largest absolute Gasteiger partial charge is 0.266 e. The lowest BCUT2D eigenvalue weighted by atomic mass is 9.13. The van der Waals surface area contributed by atoms with Gasteiger partial charge in [0.15, 0.2) is 0 Å². The number of hydrogen-bond acceptors (Lipinski definition) is 1. The minimum Gasteiger partial charge on any atom is -0.266 e. The molecule has 5 aromatic rings. The molecule has 0 saturated heterocycles. The molecule has 5 aromatic carbocycles. The molecule has 0 amide bonds. The molecule has 0 unspecified atom stereocenters. The summed E-state index contributed by atoms with van der Waals surface area (Å²) >= 11 is 0. The van der Waals surface area contributed by atoms with E-state index >= 15 is 0 Å². The molecule has 2 heterocycles. The highest BCUT2D eigenvalue weighted by atomic mass is 19.1. The third kappa shape index (κ3) is 7.35. The molecule has 2 nitrogen and oxygen atoms in total. The maximum Gasteiger partial charge on any atom is 0.247 e. The van der Waals surface area contributed by atoms with Crippen LogP contribution >= 0.6 is 0 Å². The number of halogens is 4. The van der Waals surface area contributed by atoms with Gasteiger partial charge in [-0.1, -0.05) is 103 Å². The van der Waals surface area contributed by atoms with Crippen LogP contribution in [0.1, 0.15) is 37.7 Å². The quantitative estimate of drug-likeness (QED) is 0.118. The zero-order valence-electron chi connectivity index (χ0n) is 26.5. The van der Waals surface area contributed by atoms with Gasteiger partial charge in [0.2, 0.25) is 5.84 Å². The van der Waals surface area contributed by atoms with Crippen molar-refractivity contribution in [3.05, 3.63) is 156 Å². The van der Waals surface area contributed by atoms with Crippen molar-refractivity contribution in [3.8, 4) is 0 Å². The first-order chi connectivity index (χ1) is 22.9. The first-order valence-electron chi connectivity index (χ1n) is 16.5. The molecule has 0 radical (unpaired) electrons. The Labute approximate surface area is 274 Å². The molecule has 7 heteroatoms. The molecule has 47 heavy (non-hydrogen) atoms. The van der Waals surface area contributed by atoms with Gasteiger partial charge in [0.25, 0.3) is 0 Å². The van der Waals surface area contributed by atoms with Crippen molar-refractivity contribution in [1.29, 1.82) is 0 Å². The van der Waals surface area contributed by atoms with Gasteiger partial charge in [0, 0.05) is 12.8 Å².